The summed E-state index contributed by atoms with van der Waals surface area (Å²) in [5.41, 5.74) is 1.93. The zero-order valence-corrected chi connectivity index (χ0v) is 21.8. The maximum Gasteiger partial charge on any atom is 0.251 e. The van der Waals surface area contributed by atoms with Gasteiger partial charge in [0.1, 0.15) is 0 Å². The summed E-state index contributed by atoms with van der Waals surface area (Å²) in [4.78, 5) is 37.5. The number of nitrogens with zero attached hydrogens (tertiary/aromatic N) is 1. The van der Waals surface area contributed by atoms with Crippen molar-refractivity contribution in [3.63, 3.8) is 0 Å². The zero-order valence-electron chi connectivity index (χ0n) is 20.9. The van der Waals surface area contributed by atoms with Crippen molar-refractivity contribution >= 4 is 30.4 Å². The van der Waals surface area contributed by atoms with E-state index >= 15 is 0 Å². The van der Waals surface area contributed by atoms with Crippen molar-refractivity contribution in [1.29, 1.82) is 0 Å². The van der Waals surface area contributed by atoms with Gasteiger partial charge < -0.3 is 20.9 Å². The van der Waals surface area contributed by atoms with Crippen LogP contribution in [-0.4, -0.2) is 54.6 Å². The minimum absolute atomic E-state index is 0.0494. The molecule has 192 valence electrons. The summed E-state index contributed by atoms with van der Waals surface area (Å²) in [6.45, 7) is 8.65. The Morgan fingerprint density at radius 2 is 1.47 bits per heavy atom. The molecule has 1 aliphatic heterocycles. The van der Waals surface area contributed by atoms with Gasteiger partial charge in [0.25, 0.3) is 5.91 Å². The molecule has 0 aliphatic carbocycles. The minimum atomic E-state index is -0.0646. The Morgan fingerprint density at radius 3 is 2.09 bits per heavy atom. The van der Waals surface area contributed by atoms with Crippen molar-refractivity contribution in [3.8, 4) is 0 Å². The lowest BCUT2D eigenvalue weighted by atomic mass is 10.1. The predicted molar refractivity (Wildman–Crippen MR) is 142 cm³/mol. The van der Waals surface area contributed by atoms with Gasteiger partial charge in [-0.05, 0) is 50.4 Å². The summed E-state index contributed by atoms with van der Waals surface area (Å²) < 4.78 is 0. The van der Waals surface area contributed by atoms with Gasteiger partial charge >= 0.3 is 0 Å². The molecule has 0 radical (unpaired) electrons. The number of hydrogen-bond acceptors (Lipinski definition) is 5. The summed E-state index contributed by atoms with van der Waals surface area (Å²) in [5.74, 6) is 0.812. The maximum atomic E-state index is 12.0. The molecule has 0 fully saturated rings. The quantitative estimate of drug-likeness (QED) is 0.154. The molecule has 1 aliphatic rings. The van der Waals surface area contributed by atoms with E-state index in [0.717, 1.165) is 88.0 Å². The summed E-state index contributed by atoms with van der Waals surface area (Å²) in [7, 11) is 0. The molecule has 0 saturated heterocycles. The molecule has 0 aromatic carbocycles. The molecule has 3 N–H and O–H groups in total. The normalized spacial score (nSPS) is 14.0. The van der Waals surface area contributed by atoms with Crippen LogP contribution in [-0.2, 0) is 14.4 Å². The third-order valence-corrected chi connectivity index (χ3v) is 5.79. The molecule has 0 aromatic rings. The van der Waals surface area contributed by atoms with E-state index in [-0.39, 0.29) is 17.7 Å². The number of unbranched alkanes of at least 4 members (excludes halogenated alkanes) is 5. The smallest absolute Gasteiger partial charge is 0.251 e. The van der Waals surface area contributed by atoms with Crippen molar-refractivity contribution in [2.75, 3.05) is 31.9 Å². The summed E-state index contributed by atoms with van der Waals surface area (Å²) in [6.07, 6.45) is 14.8. The van der Waals surface area contributed by atoms with E-state index in [9.17, 15) is 14.4 Å². The molecule has 1 rings (SSSR count). The highest BCUT2D eigenvalue weighted by atomic mass is 32.1. The highest BCUT2D eigenvalue weighted by Crippen LogP contribution is 2.16. The van der Waals surface area contributed by atoms with Crippen LogP contribution in [0.2, 0.25) is 0 Å². The standard InChI is InChI=1S/C26H44N4O3S/c1-3-11-23-13-14-26(33)30(23)20-15-25(32)29-19-10-6-7-12-24(31)28-18-9-5-4-8-17-27-22(2)16-21-34/h11,13-14,27,34H,2-10,12,15-21H2,1H3,(H,28,31)(H,29,32)/b23-11+. The second kappa shape index (κ2) is 19.1. The van der Waals surface area contributed by atoms with E-state index in [1.54, 1.807) is 17.1 Å². The van der Waals surface area contributed by atoms with Gasteiger partial charge in [-0.15, -0.1) is 0 Å². The highest BCUT2D eigenvalue weighted by molar-refractivity contribution is 7.80. The first-order valence-electron chi connectivity index (χ1n) is 12.7. The van der Waals surface area contributed by atoms with Crippen LogP contribution in [0.4, 0.5) is 0 Å². The Morgan fingerprint density at radius 1 is 0.882 bits per heavy atom. The van der Waals surface area contributed by atoms with Gasteiger partial charge in [0.05, 0.1) is 0 Å². The Kier molecular flexibility index (Phi) is 16.8. The van der Waals surface area contributed by atoms with Crippen LogP contribution in [0, 0.1) is 0 Å². The van der Waals surface area contributed by atoms with Crippen molar-refractivity contribution in [1.82, 2.24) is 20.9 Å². The van der Waals surface area contributed by atoms with Gasteiger partial charge in [-0.3, -0.25) is 14.4 Å². The van der Waals surface area contributed by atoms with E-state index < -0.39 is 0 Å². The number of nitrogens with one attached hydrogen (secondary N) is 3. The fraction of sp³-hybridized carbons (Fsp3) is 0.654. The molecule has 1 heterocycles. The summed E-state index contributed by atoms with van der Waals surface area (Å²) in [5, 5.41) is 9.20. The highest BCUT2D eigenvalue weighted by Gasteiger charge is 2.20. The number of rotatable bonds is 20. The SMILES string of the molecule is C=C(CCS)NCCCCCCNC(=O)CCCCCNC(=O)CCN1C(=O)C=C/C1=C\CC. The van der Waals surface area contributed by atoms with E-state index in [4.69, 9.17) is 0 Å². The molecule has 0 bridgehead atoms. The summed E-state index contributed by atoms with van der Waals surface area (Å²) in [6, 6.07) is 0. The molecule has 7 nitrogen and oxygen atoms in total. The Labute approximate surface area is 211 Å². The van der Waals surface area contributed by atoms with Gasteiger partial charge in [0, 0.05) is 56.5 Å². The van der Waals surface area contributed by atoms with Gasteiger partial charge in [-0.2, -0.15) is 12.6 Å². The second-order valence-corrected chi connectivity index (χ2v) is 8.99. The third-order valence-electron chi connectivity index (χ3n) is 5.57. The van der Waals surface area contributed by atoms with E-state index in [1.807, 2.05) is 13.0 Å². The molecule has 0 unspecified atom stereocenters. The van der Waals surface area contributed by atoms with E-state index in [0.29, 0.717) is 25.9 Å². The van der Waals surface area contributed by atoms with Crippen LogP contribution in [0.3, 0.4) is 0 Å². The fourth-order valence-electron chi connectivity index (χ4n) is 3.62. The first kappa shape index (κ1) is 29.8. The van der Waals surface area contributed by atoms with Crippen molar-refractivity contribution < 1.29 is 14.4 Å². The third kappa shape index (κ3) is 14.1. The Balaban J connectivity index is 1.93. The topological polar surface area (TPSA) is 90.5 Å². The van der Waals surface area contributed by atoms with E-state index in [2.05, 4.69) is 35.2 Å². The molecule has 0 aromatic heterocycles. The molecule has 0 saturated carbocycles. The number of thiol groups is 1. The lowest BCUT2D eigenvalue weighted by molar-refractivity contribution is -0.125. The largest absolute Gasteiger partial charge is 0.389 e. The van der Waals surface area contributed by atoms with Gasteiger partial charge in [-0.1, -0.05) is 38.8 Å². The van der Waals surface area contributed by atoms with Crippen LogP contribution in [0.1, 0.15) is 77.6 Å². The van der Waals surface area contributed by atoms with Gasteiger partial charge in [0.2, 0.25) is 11.8 Å². The minimum Gasteiger partial charge on any atom is -0.389 e. The molecule has 8 heteroatoms. The van der Waals surface area contributed by atoms with E-state index in [1.165, 1.54) is 0 Å². The lowest BCUT2D eigenvalue weighted by Gasteiger charge is -2.17. The molecule has 0 atom stereocenters. The zero-order chi connectivity index (χ0) is 25.0. The lowest BCUT2D eigenvalue weighted by Crippen LogP contribution is -2.31. The first-order valence-corrected chi connectivity index (χ1v) is 13.4. The maximum absolute atomic E-state index is 12.0. The van der Waals surface area contributed by atoms with Gasteiger partial charge in [0.15, 0.2) is 0 Å². The molecular formula is C26H44N4O3S. The molecular weight excluding hydrogens is 448 g/mol. The fourth-order valence-corrected chi connectivity index (χ4v) is 3.89. The molecule has 0 spiro atoms. The first-order chi connectivity index (χ1) is 16.5. The number of carbonyl (C=O) groups excluding carboxylic acids is 3. The second-order valence-electron chi connectivity index (χ2n) is 8.54. The van der Waals surface area contributed by atoms with Crippen LogP contribution < -0.4 is 16.0 Å². The number of hydrogen-bond donors (Lipinski definition) is 4. The van der Waals surface area contributed by atoms with Crippen LogP contribution in [0.15, 0.2) is 36.2 Å². The van der Waals surface area contributed by atoms with Crippen LogP contribution in [0.25, 0.3) is 0 Å². The van der Waals surface area contributed by atoms with Crippen molar-refractivity contribution in [2.24, 2.45) is 0 Å². The predicted octanol–water partition coefficient (Wildman–Crippen LogP) is 3.85. The van der Waals surface area contributed by atoms with Crippen LogP contribution >= 0.6 is 12.6 Å². The van der Waals surface area contributed by atoms with Gasteiger partial charge in [-0.25, -0.2) is 0 Å². The van der Waals surface area contributed by atoms with Crippen LogP contribution in [0.5, 0.6) is 0 Å². The summed E-state index contributed by atoms with van der Waals surface area (Å²) >= 11 is 4.19. The number of carbonyl (C=O) groups is 3. The monoisotopic (exact) mass is 492 g/mol. The average molecular weight is 493 g/mol. The van der Waals surface area contributed by atoms with Crippen molar-refractivity contribution in [3.05, 3.63) is 36.2 Å². The average Bonchev–Trinajstić information content (AvgIpc) is 3.16. The Hall–Kier alpha value is -2.22. The number of amides is 3. The number of allylic oxidation sites excluding steroid dienone is 3. The molecule has 34 heavy (non-hydrogen) atoms. The molecule has 3 amide bonds. The Bertz CT molecular complexity index is 706. The van der Waals surface area contributed by atoms with Crippen molar-refractivity contribution in [2.45, 2.75) is 77.6 Å².